The van der Waals surface area contributed by atoms with Gasteiger partial charge in [-0.25, -0.2) is 4.98 Å². The van der Waals surface area contributed by atoms with Gasteiger partial charge in [-0.2, -0.15) is 11.8 Å². The molecule has 96 valence electrons. The van der Waals surface area contributed by atoms with Crippen LogP contribution < -0.4 is 10.6 Å². The molecule has 0 amide bonds. The number of hydrogen-bond acceptors (Lipinski definition) is 5. The number of nitrogens with zero attached hydrogens (tertiary/aromatic N) is 2. The smallest absolute Gasteiger partial charge is 0.185 e. The number of aromatic nitrogens is 1. The van der Waals surface area contributed by atoms with Gasteiger partial charge in [-0.15, -0.1) is 11.3 Å². The van der Waals surface area contributed by atoms with Crippen molar-refractivity contribution < 1.29 is 0 Å². The minimum absolute atomic E-state index is 0.0396. The van der Waals surface area contributed by atoms with Crippen molar-refractivity contribution in [3.05, 3.63) is 11.1 Å². The maximum absolute atomic E-state index is 5.85. The Morgan fingerprint density at radius 1 is 1.47 bits per heavy atom. The molecular formula is C12H21N3S2. The summed E-state index contributed by atoms with van der Waals surface area (Å²) in [5.74, 6) is 1.18. The van der Waals surface area contributed by atoms with E-state index in [2.05, 4.69) is 40.9 Å². The molecule has 0 saturated carbocycles. The van der Waals surface area contributed by atoms with Crippen LogP contribution in [0.5, 0.6) is 0 Å². The molecule has 0 bridgehead atoms. The second-order valence-electron chi connectivity index (χ2n) is 5.19. The SMILES string of the molecule is CC(N)c1csc(N2CCSC(C)(C)CC2)n1. The van der Waals surface area contributed by atoms with Crippen LogP contribution in [0.1, 0.15) is 38.9 Å². The molecule has 0 aliphatic carbocycles. The van der Waals surface area contributed by atoms with Gasteiger partial charge < -0.3 is 10.6 Å². The Labute approximate surface area is 112 Å². The molecule has 1 unspecified atom stereocenters. The van der Waals surface area contributed by atoms with E-state index in [0.717, 1.165) is 23.9 Å². The first kappa shape index (κ1) is 13.2. The zero-order valence-electron chi connectivity index (χ0n) is 10.8. The molecule has 0 aromatic carbocycles. The van der Waals surface area contributed by atoms with Gasteiger partial charge in [0.1, 0.15) is 0 Å². The lowest BCUT2D eigenvalue weighted by molar-refractivity contribution is 0.636. The summed E-state index contributed by atoms with van der Waals surface area (Å²) >= 11 is 3.78. The molecular weight excluding hydrogens is 250 g/mol. The number of thioether (sulfide) groups is 1. The molecule has 2 rings (SSSR count). The van der Waals surface area contributed by atoms with Gasteiger partial charge in [-0.05, 0) is 13.3 Å². The molecule has 1 atom stereocenters. The van der Waals surface area contributed by atoms with E-state index in [0.29, 0.717) is 4.75 Å². The van der Waals surface area contributed by atoms with Crippen LogP contribution in [0.4, 0.5) is 5.13 Å². The van der Waals surface area contributed by atoms with Crippen molar-refractivity contribution in [1.82, 2.24) is 4.98 Å². The fraction of sp³-hybridized carbons (Fsp3) is 0.750. The summed E-state index contributed by atoms with van der Waals surface area (Å²) < 4.78 is 0.399. The second kappa shape index (κ2) is 5.16. The van der Waals surface area contributed by atoms with E-state index in [1.165, 1.54) is 12.2 Å². The molecule has 0 radical (unpaired) electrons. The highest BCUT2D eigenvalue weighted by molar-refractivity contribution is 8.00. The number of thiazole rings is 1. The van der Waals surface area contributed by atoms with E-state index in [-0.39, 0.29) is 6.04 Å². The summed E-state index contributed by atoms with van der Waals surface area (Å²) in [5.41, 5.74) is 6.87. The molecule has 3 nitrogen and oxygen atoms in total. The fourth-order valence-corrected chi connectivity index (χ4v) is 3.93. The quantitative estimate of drug-likeness (QED) is 0.898. The minimum Gasteiger partial charge on any atom is -0.347 e. The van der Waals surface area contributed by atoms with Crippen molar-refractivity contribution in [2.45, 2.75) is 38.0 Å². The van der Waals surface area contributed by atoms with Crippen molar-refractivity contribution >= 4 is 28.2 Å². The molecule has 2 N–H and O–H groups in total. The highest BCUT2D eigenvalue weighted by Crippen LogP contribution is 2.33. The molecule has 1 aliphatic rings. The summed E-state index contributed by atoms with van der Waals surface area (Å²) in [6.45, 7) is 8.85. The largest absolute Gasteiger partial charge is 0.347 e. The lowest BCUT2D eigenvalue weighted by Crippen LogP contribution is -2.26. The minimum atomic E-state index is 0.0396. The van der Waals surface area contributed by atoms with Crippen LogP contribution in [-0.2, 0) is 0 Å². The Bertz CT molecular complexity index is 374. The summed E-state index contributed by atoms with van der Waals surface area (Å²) in [4.78, 5) is 7.03. The molecule has 1 aliphatic heterocycles. The van der Waals surface area contributed by atoms with Crippen molar-refractivity contribution in [1.29, 1.82) is 0 Å². The van der Waals surface area contributed by atoms with Gasteiger partial charge in [0, 0.05) is 35.0 Å². The Kier molecular flexibility index (Phi) is 4.00. The van der Waals surface area contributed by atoms with Crippen LogP contribution in [-0.4, -0.2) is 28.6 Å². The van der Waals surface area contributed by atoms with Crippen LogP contribution in [0.15, 0.2) is 5.38 Å². The fourth-order valence-electron chi connectivity index (χ4n) is 1.84. The van der Waals surface area contributed by atoms with Crippen LogP contribution in [0, 0.1) is 0 Å². The first-order valence-corrected chi connectivity index (χ1v) is 7.94. The molecule has 1 aromatic heterocycles. The lowest BCUT2D eigenvalue weighted by Gasteiger charge is -2.22. The predicted octanol–water partition coefficient (Wildman–Crippen LogP) is 2.88. The second-order valence-corrected chi connectivity index (χ2v) is 7.83. The monoisotopic (exact) mass is 271 g/mol. The van der Waals surface area contributed by atoms with E-state index < -0.39 is 0 Å². The van der Waals surface area contributed by atoms with Crippen LogP contribution in [0.25, 0.3) is 0 Å². The first-order chi connectivity index (χ1) is 7.98. The highest BCUT2D eigenvalue weighted by Gasteiger charge is 2.24. The zero-order chi connectivity index (χ0) is 12.5. The van der Waals surface area contributed by atoms with E-state index in [4.69, 9.17) is 5.73 Å². The van der Waals surface area contributed by atoms with Crippen LogP contribution >= 0.6 is 23.1 Å². The van der Waals surface area contributed by atoms with Gasteiger partial charge in [-0.3, -0.25) is 0 Å². The summed E-state index contributed by atoms with van der Waals surface area (Å²) in [6.07, 6.45) is 1.21. The van der Waals surface area contributed by atoms with E-state index in [9.17, 15) is 0 Å². The third kappa shape index (κ3) is 3.36. The van der Waals surface area contributed by atoms with Crippen LogP contribution in [0.3, 0.4) is 0 Å². The third-order valence-corrected chi connectivity index (χ3v) is 5.38. The van der Waals surface area contributed by atoms with E-state index >= 15 is 0 Å². The number of nitrogens with two attached hydrogens (primary N) is 1. The average molecular weight is 271 g/mol. The molecule has 0 spiro atoms. The standard InChI is InChI=1S/C12H21N3S2/c1-9(13)10-8-16-11(14-10)15-5-4-12(2,3)17-7-6-15/h8-9H,4-7,13H2,1-3H3. The van der Waals surface area contributed by atoms with Gasteiger partial charge in [-0.1, -0.05) is 13.8 Å². The normalized spacial score (nSPS) is 22.2. The number of anilines is 1. The topological polar surface area (TPSA) is 42.1 Å². The molecule has 5 heteroatoms. The first-order valence-electron chi connectivity index (χ1n) is 6.08. The van der Waals surface area contributed by atoms with Crippen LogP contribution in [0.2, 0.25) is 0 Å². The summed E-state index contributed by atoms with van der Waals surface area (Å²) in [5, 5.41) is 3.22. The van der Waals surface area contributed by atoms with E-state index in [1.54, 1.807) is 11.3 Å². The lowest BCUT2D eigenvalue weighted by atomic mass is 10.1. The van der Waals surface area contributed by atoms with Gasteiger partial charge >= 0.3 is 0 Å². The Balaban J connectivity index is 2.06. The van der Waals surface area contributed by atoms with Crippen molar-refractivity contribution in [3.63, 3.8) is 0 Å². The molecule has 1 fully saturated rings. The molecule has 1 aromatic rings. The van der Waals surface area contributed by atoms with Gasteiger partial charge in [0.15, 0.2) is 5.13 Å². The maximum Gasteiger partial charge on any atom is 0.185 e. The summed E-state index contributed by atoms with van der Waals surface area (Å²) in [7, 11) is 0. The maximum atomic E-state index is 5.85. The molecule has 1 saturated heterocycles. The highest BCUT2D eigenvalue weighted by atomic mass is 32.2. The average Bonchev–Trinajstić information content (AvgIpc) is 2.65. The van der Waals surface area contributed by atoms with Crippen molar-refractivity contribution in [3.8, 4) is 0 Å². The Hall–Kier alpha value is -0.260. The van der Waals surface area contributed by atoms with Crippen molar-refractivity contribution in [2.75, 3.05) is 23.7 Å². The van der Waals surface area contributed by atoms with Gasteiger partial charge in [0.05, 0.1) is 5.69 Å². The Morgan fingerprint density at radius 2 is 2.24 bits per heavy atom. The number of rotatable bonds is 2. The Morgan fingerprint density at radius 3 is 2.88 bits per heavy atom. The predicted molar refractivity (Wildman–Crippen MR) is 78.1 cm³/mol. The zero-order valence-corrected chi connectivity index (χ0v) is 12.4. The third-order valence-electron chi connectivity index (χ3n) is 3.08. The number of hydrogen-bond donors (Lipinski definition) is 1. The van der Waals surface area contributed by atoms with Gasteiger partial charge in [0.2, 0.25) is 0 Å². The summed E-state index contributed by atoms with van der Waals surface area (Å²) in [6, 6.07) is 0.0396. The van der Waals surface area contributed by atoms with E-state index in [1.807, 2.05) is 6.92 Å². The van der Waals surface area contributed by atoms with Crippen molar-refractivity contribution in [2.24, 2.45) is 5.73 Å². The molecule has 17 heavy (non-hydrogen) atoms. The molecule has 2 heterocycles. The van der Waals surface area contributed by atoms with Gasteiger partial charge in [0.25, 0.3) is 0 Å².